The van der Waals surface area contributed by atoms with Gasteiger partial charge in [0.2, 0.25) is 11.9 Å². The lowest BCUT2D eigenvalue weighted by atomic mass is 9.80. The van der Waals surface area contributed by atoms with Gasteiger partial charge in [-0.2, -0.15) is 5.26 Å². The zero-order chi connectivity index (χ0) is 20.9. The van der Waals surface area contributed by atoms with Gasteiger partial charge in [-0.1, -0.05) is 18.2 Å². The highest BCUT2D eigenvalue weighted by atomic mass is 16.5. The van der Waals surface area contributed by atoms with Crippen molar-refractivity contribution < 1.29 is 9.53 Å². The van der Waals surface area contributed by atoms with Crippen LogP contribution in [0.4, 0.5) is 5.69 Å². The predicted octanol–water partition coefficient (Wildman–Crippen LogP) is 3.29. The molecule has 0 saturated heterocycles. The van der Waals surface area contributed by atoms with Crippen LogP contribution in [-0.2, 0) is 4.79 Å². The summed E-state index contributed by atoms with van der Waals surface area (Å²) in [6, 6.07) is 15.3. The molecule has 0 radical (unpaired) electrons. The maximum Gasteiger partial charge on any atom is 0.235 e. The number of nitrogens with one attached hydrogen (secondary N) is 1. The fraction of sp³-hybridized carbons (Fsp3) is 0.174. The normalized spacial score (nSPS) is 19.3. The Labute approximate surface area is 177 Å². The zero-order valence-corrected chi connectivity index (χ0v) is 16.3. The summed E-state index contributed by atoms with van der Waals surface area (Å²) in [5, 5.41) is 12.2. The summed E-state index contributed by atoms with van der Waals surface area (Å²) in [4.78, 5) is 26.6. The molecule has 31 heavy (non-hydrogen) atoms. The van der Waals surface area contributed by atoms with Crippen molar-refractivity contribution in [2.75, 3.05) is 11.9 Å². The number of carbonyl (C=O) groups is 1. The first-order chi connectivity index (χ1) is 15.2. The Morgan fingerprint density at radius 1 is 1.19 bits per heavy atom. The fourth-order valence-corrected chi connectivity index (χ4v) is 4.50. The number of amides is 1. The number of nitriles is 1. The molecule has 8 heteroatoms. The van der Waals surface area contributed by atoms with E-state index in [2.05, 4.69) is 21.4 Å². The van der Waals surface area contributed by atoms with Crippen LogP contribution >= 0.6 is 0 Å². The van der Waals surface area contributed by atoms with Crippen molar-refractivity contribution in [1.82, 2.24) is 19.5 Å². The van der Waals surface area contributed by atoms with E-state index >= 15 is 0 Å². The molecule has 0 bridgehead atoms. The van der Waals surface area contributed by atoms with Gasteiger partial charge in [-0.3, -0.25) is 9.36 Å². The van der Waals surface area contributed by atoms with Gasteiger partial charge in [-0.25, -0.2) is 15.0 Å². The van der Waals surface area contributed by atoms with E-state index in [1.165, 1.54) is 0 Å². The van der Waals surface area contributed by atoms with Gasteiger partial charge < -0.3 is 10.1 Å². The van der Waals surface area contributed by atoms with E-state index in [0.29, 0.717) is 29.5 Å². The average Bonchev–Trinajstić information content (AvgIpc) is 3.37. The van der Waals surface area contributed by atoms with Crippen molar-refractivity contribution in [1.29, 1.82) is 5.26 Å². The molecule has 2 aliphatic heterocycles. The second-order valence-corrected chi connectivity index (χ2v) is 7.65. The molecule has 0 spiro atoms. The molecular formula is C23H16N6O2. The molecular weight excluding hydrogens is 392 g/mol. The molecule has 0 fully saturated rings. The molecule has 8 nitrogen and oxygen atoms in total. The highest BCUT2D eigenvalue weighted by molar-refractivity contribution is 6.02. The third-order valence-electron chi connectivity index (χ3n) is 5.94. The number of ether oxygens (including phenoxy) is 1. The molecule has 2 aromatic carbocycles. The van der Waals surface area contributed by atoms with E-state index < -0.39 is 5.92 Å². The summed E-state index contributed by atoms with van der Waals surface area (Å²) >= 11 is 0. The largest absolute Gasteiger partial charge is 0.493 e. The number of rotatable bonds is 2. The van der Waals surface area contributed by atoms with Crippen molar-refractivity contribution >= 4 is 22.6 Å². The van der Waals surface area contributed by atoms with Gasteiger partial charge in [0.25, 0.3) is 0 Å². The number of anilines is 1. The number of nitrogens with zero attached hydrogens (tertiary/aromatic N) is 5. The fourth-order valence-electron chi connectivity index (χ4n) is 4.50. The van der Waals surface area contributed by atoms with Crippen LogP contribution in [0.15, 0.2) is 55.0 Å². The van der Waals surface area contributed by atoms with E-state index in [9.17, 15) is 10.1 Å². The highest BCUT2D eigenvalue weighted by Crippen LogP contribution is 2.46. The monoisotopic (exact) mass is 408 g/mol. The van der Waals surface area contributed by atoms with Crippen molar-refractivity contribution in [3.05, 3.63) is 71.8 Å². The Morgan fingerprint density at radius 3 is 3.00 bits per heavy atom. The van der Waals surface area contributed by atoms with Crippen LogP contribution in [0, 0.1) is 11.3 Å². The van der Waals surface area contributed by atoms with Crippen LogP contribution in [0.1, 0.15) is 35.1 Å². The Kier molecular flexibility index (Phi) is 3.77. The molecule has 1 unspecified atom stereocenters. The summed E-state index contributed by atoms with van der Waals surface area (Å²) in [5.74, 6) is 0.701. The topological polar surface area (TPSA) is 106 Å². The molecule has 0 aliphatic carbocycles. The predicted molar refractivity (Wildman–Crippen MR) is 112 cm³/mol. The first-order valence-corrected chi connectivity index (χ1v) is 10.00. The number of fused-ring (bicyclic) bond motifs is 3. The summed E-state index contributed by atoms with van der Waals surface area (Å²) in [6.45, 7) is 0.557. The molecule has 6 rings (SSSR count). The van der Waals surface area contributed by atoms with Crippen molar-refractivity contribution in [2.45, 2.75) is 18.3 Å². The third-order valence-corrected chi connectivity index (χ3v) is 5.94. The second kappa shape index (κ2) is 6.64. The molecule has 4 aromatic rings. The van der Waals surface area contributed by atoms with Crippen LogP contribution < -0.4 is 10.1 Å². The van der Waals surface area contributed by atoms with Crippen LogP contribution in [0.2, 0.25) is 0 Å². The van der Waals surface area contributed by atoms with E-state index in [0.717, 1.165) is 28.8 Å². The standard InChI is InChI=1S/C23H16N6O2/c24-10-13-5-6-16-18(9-13)29(12-26-16)23-25-11-17-21(28-23)20(22(30)27-17)15-7-8-31-19-4-2-1-3-14(15)19/h1-6,9,11-12,15,20H,7-8H2,(H,27,30)/t15-,20?/m1/s1. The van der Waals surface area contributed by atoms with Crippen molar-refractivity contribution in [3.63, 3.8) is 0 Å². The quantitative estimate of drug-likeness (QED) is 0.546. The SMILES string of the molecule is N#Cc1ccc2ncn(-c3ncc4c(n3)C([C@@H]3CCOc5ccccc53)C(=O)N4)c2c1. The number of carbonyl (C=O) groups excluding carboxylic acids is 1. The Bertz CT molecular complexity index is 1400. The summed E-state index contributed by atoms with van der Waals surface area (Å²) in [6.07, 6.45) is 4.00. The third kappa shape index (κ3) is 2.67. The minimum atomic E-state index is -0.425. The lowest BCUT2D eigenvalue weighted by molar-refractivity contribution is -0.117. The average molecular weight is 408 g/mol. The van der Waals surface area contributed by atoms with Gasteiger partial charge >= 0.3 is 0 Å². The number of benzene rings is 2. The molecule has 1 amide bonds. The number of hydrogen-bond donors (Lipinski definition) is 1. The lowest BCUT2D eigenvalue weighted by Crippen LogP contribution is -2.25. The number of para-hydroxylation sites is 1. The van der Waals surface area contributed by atoms with Crippen molar-refractivity contribution in [2.24, 2.45) is 0 Å². The molecule has 150 valence electrons. The summed E-state index contributed by atoms with van der Waals surface area (Å²) in [7, 11) is 0. The molecule has 2 atom stereocenters. The van der Waals surface area contributed by atoms with E-state index in [4.69, 9.17) is 9.72 Å². The first-order valence-electron chi connectivity index (χ1n) is 10.00. The van der Waals surface area contributed by atoms with Crippen molar-refractivity contribution in [3.8, 4) is 17.8 Å². The maximum atomic E-state index is 13.0. The van der Waals surface area contributed by atoms with Crippen LogP contribution in [-0.4, -0.2) is 32.0 Å². The van der Waals surface area contributed by atoms with Gasteiger partial charge in [0, 0.05) is 5.92 Å². The smallest absolute Gasteiger partial charge is 0.235 e. The minimum Gasteiger partial charge on any atom is -0.493 e. The molecule has 2 aliphatic rings. The Morgan fingerprint density at radius 2 is 2.10 bits per heavy atom. The zero-order valence-electron chi connectivity index (χ0n) is 16.3. The van der Waals surface area contributed by atoms with Crippen LogP contribution in [0.3, 0.4) is 0 Å². The van der Waals surface area contributed by atoms with E-state index in [1.54, 1.807) is 35.3 Å². The van der Waals surface area contributed by atoms with Gasteiger partial charge in [0.05, 0.1) is 52.8 Å². The number of hydrogen-bond acceptors (Lipinski definition) is 6. The summed E-state index contributed by atoms with van der Waals surface area (Å²) < 4.78 is 7.53. The van der Waals surface area contributed by atoms with E-state index in [1.807, 2.05) is 24.3 Å². The highest BCUT2D eigenvalue weighted by Gasteiger charge is 2.41. The molecule has 2 aromatic heterocycles. The van der Waals surface area contributed by atoms with E-state index in [-0.39, 0.29) is 11.8 Å². The lowest BCUT2D eigenvalue weighted by Gasteiger charge is -2.29. The number of imidazole rings is 1. The second-order valence-electron chi connectivity index (χ2n) is 7.65. The summed E-state index contributed by atoms with van der Waals surface area (Å²) in [5.41, 5.74) is 4.34. The Balaban J connectivity index is 1.47. The van der Waals surface area contributed by atoms with Gasteiger partial charge in [0.15, 0.2) is 0 Å². The van der Waals surface area contributed by atoms with Crippen LogP contribution in [0.25, 0.3) is 17.0 Å². The first kappa shape index (κ1) is 17.6. The maximum absolute atomic E-state index is 13.0. The number of aromatic nitrogens is 4. The van der Waals surface area contributed by atoms with Gasteiger partial charge in [-0.15, -0.1) is 0 Å². The molecule has 1 N–H and O–H groups in total. The van der Waals surface area contributed by atoms with Gasteiger partial charge in [0.1, 0.15) is 12.1 Å². The van der Waals surface area contributed by atoms with Crippen LogP contribution in [0.5, 0.6) is 5.75 Å². The minimum absolute atomic E-state index is 0.0290. The van der Waals surface area contributed by atoms with Gasteiger partial charge in [-0.05, 0) is 36.2 Å². The molecule has 4 heterocycles. The molecule has 0 saturated carbocycles. The Hall–Kier alpha value is -4.25.